The number of hydrogen-bond donors (Lipinski definition) is 1. The fourth-order valence-corrected chi connectivity index (χ4v) is 3.41. The number of ether oxygens (including phenoxy) is 1. The zero-order valence-corrected chi connectivity index (χ0v) is 15.0. The number of nitrogens with zero attached hydrogens (tertiary/aromatic N) is 3. The summed E-state index contributed by atoms with van der Waals surface area (Å²) in [4.78, 5) is 11.1. The van der Waals surface area contributed by atoms with E-state index in [1.807, 2.05) is 37.3 Å². The van der Waals surface area contributed by atoms with Gasteiger partial charge in [0.15, 0.2) is 0 Å². The number of hydrogen-bond acceptors (Lipinski definition) is 5. The molecule has 2 aromatic carbocycles. The lowest BCUT2D eigenvalue weighted by Crippen LogP contribution is -2.24. The normalized spacial score (nSPS) is 15.6. The van der Waals surface area contributed by atoms with Crippen molar-refractivity contribution in [3.8, 4) is 5.75 Å². The van der Waals surface area contributed by atoms with Crippen LogP contribution in [-0.2, 0) is 6.42 Å². The molecule has 3 aromatic rings. The molecule has 0 fully saturated rings. The predicted molar refractivity (Wildman–Crippen MR) is 105 cm³/mol. The first kappa shape index (κ1) is 16.4. The number of fused-ring (bicyclic) bond motifs is 1. The fourth-order valence-electron chi connectivity index (χ4n) is 3.41. The summed E-state index contributed by atoms with van der Waals surface area (Å²) in [6.07, 6.45) is 2.64. The van der Waals surface area contributed by atoms with Crippen molar-refractivity contribution in [2.24, 2.45) is 0 Å². The molecule has 0 radical (unpaired) electrons. The van der Waals surface area contributed by atoms with Crippen LogP contribution in [0.2, 0.25) is 0 Å². The van der Waals surface area contributed by atoms with Gasteiger partial charge in [-0.15, -0.1) is 0 Å². The second kappa shape index (κ2) is 7.04. The van der Waals surface area contributed by atoms with Gasteiger partial charge in [0, 0.05) is 23.5 Å². The van der Waals surface area contributed by atoms with Crippen molar-refractivity contribution in [1.82, 2.24) is 9.97 Å². The third kappa shape index (κ3) is 3.20. The van der Waals surface area contributed by atoms with E-state index in [2.05, 4.69) is 51.4 Å². The summed E-state index contributed by atoms with van der Waals surface area (Å²) in [5.41, 5.74) is 3.55. The summed E-state index contributed by atoms with van der Waals surface area (Å²) in [7, 11) is 0. The van der Waals surface area contributed by atoms with Gasteiger partial charge < -0.3 is 15.0 Å². The van der Waals surface area contributed by atoms with Crippen LogP contribution in [0.5, 0.6) is 5.75 Å². The van der Waals surface area contributed by atoms with E-state index in [-0.39, 0.29) is 0 Å². The summed E-state index contributed by atoms with van der Waals surface area (Å²) in [6.45, 7) is 4.87. The molecule has 132 valence electrons. The van der Waals surface area contributed by atoms with Crippen molar-refractivity contribution in [2.45, 2.75) is 26.3 Å². The molecule has 0 bridgehead atoms. The van der Waals surface area contributed by atoms with Crippen molar-refractivity contribution >= 4 is 23.0 Å². The smallest absolute Gasteiger partial charge is 0.138 e. The summed E-state index contributed by atoms with van der Waals surface area (Å²) < 4.78 is 5.48. The molecule has 0 amide bonds. The van der Waals surface area contributed by atoms with Crippen molar-refractivity contribution in [3.63, 3.8) is 0 Å². The first-order valence-corrected chi connectivity index (χ1v) is 8.93. The quantitative estimate of drug-likeness (QED) is 0.725. The Morgan fingerprint density at radius 3 is 2.73 bits per heavy atom. The maximum Gasteiger partial charge on any atom is 0.138 e. The maximum absolute atomic E-state index is 5.48. The van der Waals surface area contributed by atoms with Crippen molar-refractivity contribution < 1.29 is 4.74 Å². The lowest BCUT2D eigenvalue weighted by molar-refractivity contribution is 0.340. The molecule has 4 rings (SSSR count). The molecular weight excluding hydrogens is 324 g/mol. The van der Waals surface area contributed by atoms with Crippen LogP contribution in [0.1, 0.15) is 19.4 Å². The molecule has 0 saturated heterocycles. The van der Waals surface area contributed by atoms with Crippen LogP contribution in [0.15, 0.2) is 60.9 Å². The molecule has 1 aliphatic rings. The zero-order valence-electron chi connectivity index (χ0n) is 15.0. The third-order valence-corrected chi connectivity index (χ3v) is 4.54. The summed E-state index contributed by atoms with van der Waals surface area (Å²) in [5.74, 6) is 2.55. The standard InChI is InChI=1S/C21H22N4O/c1-3-26-18-10-8-17(9-11-18)24-20-13-21(23-14-22-20)25-15(2)12-16-6-4-5-7-19(16)25/h4-11,13-15H,3,12H2,1-2H3,(H,22,23,24). The monoisotopic (exact) mass is 346 g/mol. The van der Waals surface area contributed by atoms with Crippen LogP contribution >= 0.6 is 0 Å². The van der Waals surface area contributed by atoms with Gasteiger partial charge in [0.2, 0.25) is 0 Å². The number of anilines is 4. The minimum Gasteiger partial charge on any atom is -0.494 e. The van der Waals surface area contributed by atoms with Crippen molar-refractivity contribution in [2.75, 3.05) is 16.8 Å². The van der Waals surface area contributed by atoms with E-state index in [1.54, 1.807) is 6.33 Å². The third-order valence-electron chi connectivity index (χ3n) is 4.54. The van der Waals surface area contributed by atoms with E-state index in [9.17, 15) is 0 Å². The first-order chi connectivity index (χ1) is 12.7. The van der Waals surface area contributed by atoms with E-state index >= 15 is 0 Å². The lowest BCUT2D eigenvalue weighted by Gasteiger charge is -2.24. The minimum absolute atomic E-state index is 0.376. The van der Waals surface area contributed by atoms with Crippen LogP contribution in [0, 0.1) is 0 Å². The van der Waals surface area contributed by atoms with Gasteiger partial charge in [-0.25, -0.2) is 9.97 Å². The minimum atomic E-state index is 0.376. The molecule has 0 aliphatic carbocycles. The topological polar surface area (TPSA) is 50.3 Å². The molecule has 0 spiro atoms. The second-order valence-corrected chi connectivity index (χ2v) is 6.40. The molecule has 2 heterocycles. The highest BCUT2D eigenvalue weighted by molar-refractivity contribution is 5.71. The zero-order chi connectivity index (χ0) is 17.9. The molecule has 1 unspecified atom stereocenters. The summed E-state index contributed by atoms with van der Waals surface area (Å²) >= 11 is 0. The average molecular weight is 346 g/mol. The number of rotatable bonds is 5. The van der Waals surface area contributed by atoms with Gasteiger partial charge in [0.1, 0.15) is 23.7 Å². The number of nitrogens with one attached hydrogen (secondary N) is 1. The molecule has 1 N–H and O–H groups in total. The van der Waals surface area contributed by atoms with Gasteiger partial charge in [-0.1, -0.05) is 18.2 Å². The Labute approximate surface area is 153 Å². The fraction of sp³-hybridized carbons (Fsp3) is 0.238. The predicted octanol–water partition coefficient (Wildman–Crippen LogP) is 4.70. The van der Waals surface area contributed by atoms with Crippen LogP contribution in [0.25, 0.3) is 0 Å². The average Bonchev–Trinajstić information content (AvgIpc) is 2.99. The number of para-hydroxylation sites is 1. The molecular formula is C21H22N4O. The van der Waals surface area contributed by atoms with Crippen LogP contribution in [-0.4, -0.2) is 22.6 Å². The van der Waals surface area contributed by atoms with Crippen LogP contribution in [0.3, 0.4) is 0 Å². The van der Waals surface area contributed by atoms with Crippen molar-refractivity contribution in [1.29, 1.82) is 0 Å². The molecule has 26 heavy (non-hydrogen) atoms. The largest absolute Gasteiger partial charge is 0.494 e. The van der Waals surface area contributed by atoms with E-state index in [0.29, 0.717) is 12.6 Å². The van der Waals surface area contributed by atoms with Gasteiger partial charge in [-0.2, -0.15) is 0 Å². The van der Waals surface area contributed by atoms with E-state index in [0.717, 1.165) is 29.5 Å². The Kier molecular flexibility index (Phi) is 4.44. The highest BCUT2D eigenvalue weighted by Gasteiger charge is 2.27. The van der Waals surface area contributed by atoms with Crippen LogP contribution < -0.4 is 15.0 Å². The van der Waals surface area contributed by atoms with E-state index in [4.69, 9.17) is 4.74 Å². The van der Waals surface area contributed by atoms with Gasteiger partial charge >= 0.3 is 0 Å². The molecule has 1 atom stereocenters. The summed E-state index contributed by atoms with van der Waals surface area (Å²) in [5, 5.41) is 3.34. The summed E-state index contributed by atoms with van der Waals surface area (Å²) in [6, 6.07) is 18.8. The highest BCUT2D eigenvalue weighted by Crippen LogP contribution is 2.37. The molecule has 0 saturated carbocycles. The van der Waals surface area contributed by atoms with E-state index in [1.165, 1.54) is 11.3 Å². The number of aromatic nitrogens is 2. The molecule has 1 aromatic heterocycles. The SMILES string of the molecule is CCOc1ccc(Nc2cc(N3c4ccccc4CC3C)ncn2)cc1. The van der Waals surface area contributed by atoms with E-state index < -0.39 is 0 Å². The van der Waals surface area contributed by atoms with Gasteiger partial charge in [0.05, 0.1) is 6.61 Å². The molecule has 1 aliphatic heterocycles. The Morgan fingerprint density at radius 1 is 1.12 bits per heavy atom. The molecule has 5 nitrogen and oxygen atoms in total. The van der Waals surface area contributed by atoms with Crippen LogP contribution in [0.4, 0.5) is 23.0 Å². The maximum atomic E-state index is 5.48. The van der Waals surface area contributed by atoms with Gasteiger partial charge in [0.25, 0.3) is 0 Å². The Morgan fingerprint density at radius 2 is 1.92 bits per heavy atom. The Bertz CT molecular complexity index is 895. The molecule has 5 heteroatoms. The van der Waals surface area contributed by atoms with Gasteiger partial charge in [-0.3, -0.25) is 0 Å². The Hall–Kier alpha value is -3.08. The Balaban J connectivity index is 1.57. The van der Waals surface area contributed by atoms with Crippen molar-refractivity contribution in [3.05, 3.63) is 66.5 Å². The number of benzene rings is 2. The van der Waals surface area contributed by atoms with Gasteiger partial charge in [-0.05, 0) is 56.2 Å². The highest BCUT2D eigenvalue weighted by atomic mass is 16.5. The second-order valence-electron chi connectivity index (χ2n) is 6.40. The first-order valence-electron chi connectivity index (χ1n) is 8.93. The lowest BCUT2D eigenvalue weighted by atomic mass is 10.1.